The smallest absolute Gasteiger partial charge is 0.147 e. The van der Waals surface area contributed by atoms with Crippen molar-refractivity contribution in [3.8, 4) is 0 Å². The Labute approximate surface area is 216 Å². The van der Waals surface area contributed by atoms with Crippen LogP contribution < -0.4 is 15.4 Å². The van der Waals surface area contributed by atoms with E-state index in [-0.39, 0.29) is 16.2 Å². The van der Waals surface area contributed by atoms with E-state index in [1.54, 1.807) is 24.8 Å². The number of nitrogens with two attached hydrogens (primary N) is 1. The molecule has 5 heterocycles. The summed E-state index contributed by atoms with van der Waals surface area (Å²) in [6.07, 6.45) is 8.80. The van der Waals surface area contributed by atoms with E-state index >= 15 is 0 Å². The summed E-state index contributed by atoms with van der Waals surface area (Å²) in [7, 11) is 0. The Hall–Kier alpha value is -2.12. The Morgan fingerprint density at radius 3 is 2.66 bits per heavy atom. The molecule has 2 atom stereocenters. The highest BCUT2D eigenvalue weighted by Gasteiger charge is 2.52. The van der Waals surface area contributed by atoms with E-state index in [2.05, 4.69) is 34.9 Å². The van der Waals surface area contributed by atoms with Crippen LogP contribution in [0.1, 0.15) is 45.3 Å². The van der Waals surface area contributed by atoms with Gasteiger partial charge in [0.1, 0.15) is 27.5 Å². The van der Waals surface area contributed by atoms with Gasteiger partial charge in [-0.3, -0.25) is 0 Å². The molecule has 0 radical (unpaired) electrons. The number of anilines is 2. The molecule has 0 aromatic carbocycles. The minimum Gasteiger partial charge on any atom is -0.598 e. The molecule has 0 bridgehead atoms. The third-order valence-electron chi connectivity index (χ3n) is 6.59. The Morgan fingerprint density at radius 2 is 1.97 bits per heavy atom. The van der Waals surface area contributed by atoms with E-state index in [1.807, 2.05) is 31.5 Å². The van der Waals surface area contributed by atoms with Crippen LogP contribution in [-0.2, 0) is 17.9 Å². The van der Waals surface area contributed by atoms with Crippen molar-refractivity contribution in [3.05, 3.63) is 41.6 Å². The lowest BCUT2D eigenvalue weighted by atomic mass is 9.74. The van der Waals surface area contributed by atoms with Gasteiger partial charge < -0.3 is 15.2 Å². The Balaban J connectivity index is 1.27. The second-order valence-electron chi connectivity index (χ2n) is 9.92. The number of nitrogens with one attached hydrogen (secondary N) is 1. The first-order valence-electron chi connectivity index (χ1n) is 11.4. The molecule has 0 aliphatic carbocycles. The van der Waals surface area contributed by atoms with Crippen LogP contribution in [0.2, 0.25) is 5.02 Å². The lowest BCUT2D eigenvalue weighted by Crippen LogP contribution is -2.50. The number of halogens is 1. The van der Waals surface area contributed by atoms with Gasteiger partial charge in [0.05, 0.1) is 35.9 Å². The van der Waals surface area contributed by atoms with Crippen molar-refractivity contribution in [2.24, 2.45) is 5.41 Å². The molecule has 3 N–H and O–H groups in total. The third-order valence-corrected chi connectivity index (χ3v) is 9.65. The van der Waals surface area contributed by atoms with Gasteiger partial charge >= 0.3 is 0 Å². The van der Waals surface area contributed by atoms with Gasteiger partial charge in [-0.25, -0.2) is 19.6 Å². The number of nitrogen functional groups attached to an aromatic ring is 1. The fraction of sp³-hybridized carbons (Fsp3) is 0.500. The van der Waals surface area contributed by atoms with Crippen LogP contribution in [0, 0.1) is 5.41 Å². The van der Waals surface area contributed by atoms with E-state index in [0.717, 1.165) is 53.9 Å². The van der Waals surface area contributed by atoms with Gasteiger partial charge in [-0.05, 0) is 39.7 Å². The number of hydrogen-bond donors (Lipinski definition) is 2. The predicted molar refractivity (Wildman–Crippen MR) is 137 cm³/mol. The van der Waals surface area contributed by atoms with Crippen LogP contribution in [-0.4, -0.2) is 52.3 Å². The fourth-order valence-corrected chi connectivity index (χ4v) is 6.50. The van der Waals surface area contributed by atoms with Gasteiger partial charge in [0.2, 0.25) is 0 Å². The number of piperidine rings is 1. The maximum atomic E-state index is 13.0. The number of hydrogen-bond acceptors (Lipinski definition) is 10. The van der Waals surface area contributed by atoms with Crippen molar-refractivity contribution >= 4 is 46.4 Å². The molecule has 1 saturated heterocycles. The van der Waals surface area contributed by atoms with Crippen molar-refractivity contribution < 1.29 is 4.55 Å². The van der Waals surface area contributed by atoms with Gasteiger partial charge in [0, 0.05) is 41.0 Å². The van der Waals surface area contributed by atoms with Crippen LogP contribution in [0.25, 0.3) is 0 Å². The van der Waals surface area contributed by atoms with E-state index in [4.69, 9.17) is 17.3 Å². The zero-order valence-electron chi connectivity index (χ0n) is 19.8. The molecule has 0 amide bonds. The quantitative estimate of drug-likeness (QED) is 0.470. The highest BCUT2D eigenvalue weighted by Crippen LogP contribution is 2.49. The summed E-state index contributed by atoms with van der Waals surface area (Å²) in [5.74, 6) is 1.14. The summed E-state index contributed by atoms with van der Waals surface area (Å²) in [5, 5.41) is 9.50. The number of aromatic nitrogens is 6. The number of pyridine rings is 1. The maximum Gasteiger partial charge on any atom is 0.147 e. The molecule has 35 heavy (non-hydrogen) atoms. The molecule has 3 aromatic heterocycles. The van der Waals surface area contributed by atoms with Crippen LogP contribution in [0.4, 0.5) is 11.6 Å². The molecule has 186 valence electrons. The summed E-state index contributed by atoms with van der Waals surface area (Å²) in [4.78, 5) is 16.3. The predicted octanol–water partition coefficient (Wildman–Crippen LogP) is 3.24. The van der Waals surface area contributed by atoms with Gasteiger partial charge in [-0.2, -0.15) is 0 Å². The molecule has 0 unspecified atom stereocenters. The molecule has 5 rings (SSSR count). The summed E-state index contributed by atoms with van der Waals surface area (Å²) < 4.78 is 18.0. The molecule has 2 aliphatic rings. The summed E-state index contributed by atoms with van der Waals surface area (Å²) in [6.45, 7) is 8.36. The lowest BCUT2D eigenvalue weighted by Gasteiger charge is -2.43. The third kappa shape index (κ3) is 4.82. The molecule has 2 aliphatic heterocycles. The monoisotopic (exact) mass is 533 g/mol. The molecule has 10 nitrogen and oxygen atoms in total. The van der Waals surface area contributed by atoms with Crippen LogP contribution in [0.5, 0.6) is 0 Å². The second-order valence-corrected chi connectivity index (χ2v) is 13.4. The van der Waals surface area contributed by atoms with Crippen LogP contribution in [0.15, 0.2) is 40.8 Å². The molecule has 13 heteroatoms. The van der Waals surface area contributed by atoms with Gasteiger partial charge in [0.15, 0.2) is 0 Å². The highest BCUT2D eigenvalue weighted by atomic mass is 35.5. The average molecular weight is 534 g/mol. The number of nitrogens with zero attached hydrogens (tertiary/aromatic N) is 7. The first-order valence-corrected chi connectivity index (χ1v) is 13.7. The normalized spacial score (nSPS) is 20.3. The average Bonchev–Trinajstić information content (AvgIpc) is 3.38. The van der Waals surface area contributed by atoms with Crippen molar-refractivity contribution in [1.29, 1.82) is 0 Å². The van der Waals surface area contributed by atoms with Crippen LogP contribution >= 0.6 is 23.4 Å². The first-order chi connectivity index (χ1) is 16.7. The van der Waals surface area contributed by atoms with Crippen LogP contribution in [0.3, 0.4) is 0 Å². The van der Waals surface area contributed by atoms with E-state index in [1.165, 1.54) is 11.8 Å². The molecule has 1 fully saturated rings. The fourth-order valence-electron chi connectivity index (χ4n) is 4.57. The minimum atomic E-state index is -1.19. The van der Waals surface area contributed by atoms with Gasteiger partial charge in [-0.1, -0.05) is 28.6 Å². The zero-order valence-corrected chi connectivity index (χ0v) is 22.2. The van der Waals surface area contributed by atoms with Crippen molar-refractivity contribution in [1.82, 2.24) is 34.7 Å². The summed E-state index contributed by atoms with van der Waals surface area (Å²) in [6, 6.07) is 1.75. The van der Waals surface area contributed by atoms with E-state index in [9.17, 15) is 4.55 Å². The Morgan fingerprint density at radius 1 is 1.20 bits per heavy atom. The topological polar surface area (TPSA) is 134 Å². The number of rotatable bonds is 5. The second kappa shape index (κ2) is 9.40. The van der Waals surface area contributed by atoms with Gasteiger partial charge in [-0.15, -0.1) is 9.82 Å². The van der Waals surface area contributed by atoms with E-state index in [0.29, 0.717) is 10.8 Å². The summed E-state index contributed by atoms with van der Waals surface area (Å²) >= 11 is 6.46. The first kappa shape index (κ1) is 24.6. The van der Waals surface area contributed by atoms with Crippen molar-refractivity contribution in [2.45, 2.75) is 60.9 Å². The van der Waals surface area contributed by atoms with Crippen molar-refractivity contribution in [2.75, 3.05) is 23.7 Å². The molecule has 3 aromatic rings. The molecular formula is C22H28ClN9OS2. The van der Waals surface area contributed by atoms with Crippen molar-refractivity contribution in [3.63, 3.8) is 0 Å². The Kier molecular flexibility index (Phi) is 6.60. The SMILES string of the molecule is CC(C)(C)[S@@+]([O-])N[C@@H]1c2cnnn2CC12CCN(c1cnc(Sc3ccnc(N)c3Cl)cn1)CC2. The zero-order chi connectivity index (χ0) is 24.8. The van der Waals surface area contributed by atoms with Gasteiger partial charge in [0.25, 0.3) is 0 Å². The summed E-state index contributed by atoms with van der Waals surface area (Å²) in [5.41, 5.74) is 6.74. The maximum absolute atomic E-state index is 13.0. The lowest BCUT2D eigenvalue weighted by molar-refractivity contribution is 0.159. The number of fused-ring (bicyclic) bond motifs is 1. The Bertz CT molecular complexity index is 1190. The standard InChI is InChI=1S/C22H28ClN9OS2/c1-21(2,3)35(33)29-19-14-10-28-30-32(14)13-22(19)5-8-31(9-6-22)16-11-27-17(12-26-16)34-15-4-7-25-20(24)18(15)23/h4,7,10-12,19,29H,5-6,8-9,13H2,1-3H3,(H2,24,25)/t19-,35-/m1/s1. The van der Waals surface area contributed by atoms with E-state index < -0.39 is 11.4 Å². The molecule has 0 saturated carbocycles. The largest absolute Gasteiger partial charge is 0.598 e. The molecule has 1 spiro atoms. The highest BCUT2D eigenvalue weighted by molar-refractivity contribution is 7.99. The minimum absolute atomic E-state index is 0.0536. The molecular weight excluding hydrogens is 506 g/mol.